The first-order chi connectivity index (χ1) is 20.3. The molecule has 2 unspecified atom stereocenters. The van der Waals surface area contributed by atoms with E-state index < -0.39 is 0 Å². The van der Waals surface area contributed by atoms with E-state index in [-0.39, 0.29) is 35.3 Å². The van der Waals surface area contributed by atoms with Crippen LogP contribution in [0, 0.1) is 11.8 Å². The summed E-state index contributed by atoms with van der Waals surface area (Å²) in [5.41, 5.74) is 1.81. The molecule has 0 heterocycles. The molecule has 256 valence electrons. The first-order valence-corrected chi connectivity index (χ1v) is 16.5. The molecule has 0 aliphatic carbocycles. The molecule has 44 heavy (non-hydrogen) atoms. The van der Waals surface area contributed by atoms with Crippen LogP contribution in [0.15, 0.2) is 47.6 Å². The van der Waals surface area contributed by atoms with Gasteiger partial charge in [-0.1, -0.05) is 63.8 Å². The van der Waals surface area contributed by atoms with E-state index in [1.807, 2.05) is 53.7 Å². The molecule has 2 atom stereocenters. The van der Waals surface area contributed by atoms with Crippen LogP contribution in [0.4, 0.5) is 0 Å². The van der Waals surface area contributed by atoms with Crippen molar-refractivity contribution in [3.05, 3.63) is 47.6 Å². The van der Waals surface area contributed by atoms with Gasteiger partial charge >= 0.3 is 11.9 Å². The first kappa shape index (κ1) is 43.9. The molecule has 0 saturated carbocycles. The highest BCUT2D eigenvalue weighted by atomic mass is 16.5. The van der Waals surface area contributed by atoms with Crippen molar-refractivity contribution in [1.82, 2.24) is 0 Å². The van der Waals surface area contributed by atoms with Gasteiger partial charge in [-0.15, -0.1) is 0 Å². The monoisotopic (exact) mass is 621 g/mol. The van der Waals surface area contributed by atoms with Crippen molar-refractivity contribution in [2.45, 2.75) is 158 Å². The van der Waals surface area contributed by atoms with Crippen molar-refractivity contribution in [2.75, 3.05) is 14.2 Å². The zero-order valence-electron chi connectivity index (χ0n) is 30.9. The Hall–Kier alpha value is -2.18. The number of esters is 2. The van der Waals surface area contributed by atoms with Crippen LogP contribution in [0.25, 0.3) is 0 Å². The Balaban J connectivity index is 0. The van der Waals surface area contributed by atoms with Crippen LogP contribution < -0.4 is 0 Å². The maximum atomic E-state index is 11.5. The van der Waals surface area contributed by atoms with Crippen molar-refractivity contribution < 1.29 is 28.5 Å². The predicted molar refractivity (Wildman–Crippen MR) is 186 cm³/mol. The van der Waals surface area contributed by atoms with Crippen LogP contribution in [-0.4, -0.2) is 49.6 Å². The minimum Gasteiger partial charge on any atom is -0.460 e. The van der Waals surface area contributed by atoms with Gasteiger partial charge in [0.15, 0.2) is 0 Å². The SMILES string of the molecule is COC(C)(C)CCCC(C)C/C=C/C(C)=C/C(=O)OC(C)C.COC(C)(C)CCCC(C)C/C=C/C(C)=C/C(=O)OC(C)C. The van der Waals surface area contributed by atoms with E-state index in [0.717, 1.165) is 36.8 Å². The molecule has 0 aromatic heterocycles. The number of carbonyl (C=O) groups is 2. The summed E-state index contributed by atoms with van der Waals surface area (Å²) in [5.74, 6) is 0.734. The van der Waals surface area contributed by atoms with Gasteiger partial charge in [0.2, 0.25) is 0 Å². The Morgan fingerprint density at radius 3 is 1.20 bits per heavy atom. The third-order valence-electron chi connectivity index (χ3n) is 7.29. The van der Waals surface area contributed by atoms with Crippen LogP contribution >= 0.6 is 0 Å². The molecule has 0 radical (unpaired) electrons. The summed E-state index contributed by atoms with van der Waals surface area (Å²) in [4.78, 5) is 23.0. The quantitative estimate of drug-likeness (QED) is 0.0766. The van der Waals surface area contributed by atoms with Crippen molar-refractivity contribution in [2.24, 2.45) is 11.8 Å². The summed E-state index contributed by atoms with van der Waals surface area (Å²) >= 11 is 0. The normalized spacial score (nSPS) is 14.6. The third kappa shape index (κ3) is 28.6. The second-order valence-electron chi connectivity index (χ2n) is 13.9. The van der Waals surface area contributed by atoms with Gasteiger partial charge in [-0.3, -0.25) is 0 Å². The van der Waals surface area contributed by atoms with Gasteiger partial charge in [-0.05, 0) is 118 Å². The minimum absolute atomic E-state index is 0.0222. The molecule has 0 amide bonds. The highest BCUT2D eigenvalue weighted by molar-refractivity contribution is 5.83. The fourth-order valence-corrected chi connectivity index (χ4v) is 4.17. The number of hydrogen-bond acceptors (Lipinski definition) is 6. The van der Waals surface area contributed by atoms with Crippen LogP contribution in [0.2, 0.25) is 0 Å². The van der Waals surface area contributed by atoms with Gasteiger partial charge in [0.1, 0.15) is 0 Å². The van der Waals surface area contributed by atoms with E-state index in [4.69, 9.17) is 18.9 Å². The predicted octanol–water partition coefficient (Wildman–Crippen LogP) is 10.1. The minimum atomic E-state index is -0.271. The fraction of sp³-hybridized carbons (Fsp3) is 0.737. The average Bonchev–Trinajstić information content (AvgIpc) is 2.87. The van der Waals surface area contributed by atoms with Crippen molar-refractivity contribution in [3.63, 3.8) is 0 Å². The Kier molecular flexibility index (Phi) is 24.1. The lowest BCUT2D eigenvalue weighted by atomic mass is 9.95. The maximum absolute atomic E-state index is 11.5. The first-order valence-electron chi connectivity index (χ1n) is 16.5. The molecule has 0 saturated heterocycles. The molecule has 0 rings (SSSR count). The molecule has 0 N–H and O–H groups in total. The Labute approximate surface area is 271 Å². The second kappa shape index (κ2) is 24.1. The van der Waals surface area contributed by atoms with Crippen LogP contribution in [0.5, 0.6) is 0 Å². The van der Waals surface area contributed by atoms with E-state index in [1.165, 1.54) is 25.7 Å². The van der Waals surface area contributed by atoms with Crippen LogP contribution in [0.1, 0.15) is 134 Å². The van der Waals surface area contributed by atoms with E-state index in [1.54, 1.807) is 26.4 Å². The van der Waals surface area contributed by atoms with Gasteiger partial charge in [-0.25, -0.2) is 9.59 Å². The molecule has 0 aromatic rings. The van der Waals surface area contributed by atoms with Gasteiger partial charge in [0.05, 0.1) is 23.4 Å². The number of allylic oxidation sites excluding steroid dienone is 6. The van der Waals surface area contributed by atoms with E-state index >= 15 is 0 Å². The Morgan fingerprint density at radius 1 is 0.614 bits per heavy atom. The molecule has 6 heteroatoms. The molecule has 0 bridgehead atoms. The molecular formula is C38H68O6. The largest absolute Gasteiger partial charge is 0.460 e. The van der Waals surface area contributed by atoms with Crippen LogP contribution in [-0.2, 0) is 28.5 Å². The summed E-state index contributed by atoms with van der Waals surface area (Å²) in [6.07, 6.45) is 20.2. The lowest BCUT2D eigenvalue weighted by Gasteiger charge is -2.23. The smallest absolute Gasteiger partial charge is 0.331 e. The molecule has 0 spiro atoms. The average molecular weight is 621 g/mol. The second-order valence-corrected chi connectivity index (χ2v) is 13.9. The van der Waals surface area contributed by atoms with E-state index in [9.17, 15) is 9.59 Å². The Morgan fingerprint density at radius 2 is 0.932 bits per heavy atom. The summed E-state index contributed by atoms with van der Waals surface area (Å²) in [5, 5.41) is 0. The number of ether oxygens (including phenoxy) is 4. The number of methoxy groups -OCH3 is 2. The summed E-state index contributed by atoms with van der Waals surface area (Å²) in [7, 11) is 3.54. The van der Waals surface area contributed by atoms with Gasteiger partial charge in [0, 0.05) is 26.4 Å². The zero-order chi connectivity index (χ0) is 34.3. The van der Waals surface area contributed by atoms with Gasteiger partial charge in [0.25, 0.3) is 0 Å². The van der Waals surface area contributed by atoms with E-state index in [2.05, 4.69) is 53.7 Å². The Bertz CT molecular complexity index is 830. The summed E-state index contributed by atoms with van der Waals surface area (Å²) < 4.78 is 21.0. The van der Waals surface area contributed by atoms with Crippen LogP contribution in [0.3, 0.4) is 0 Å². The molecule has 0 aliphatic rings. The molecular weight excluding hydrogens is 552 g/mol. The lowest BCUT2D eigenvalue weighted by Crippen LogP contribution is -2.22. The summed E-state index contributed by atoms with van der Waals surface area (Å²) in [6.45, 7) is 24.3. The fourth-order valence-electron chi connectivity index (χ4n) is 4.17. The lowest BCUT2D eigenvalue weighted by molar-refractivity contribution is -0.142. The third-order valence-corrected chi connectivity index (χ3v) is 7.29. The maximum Gasteiger partial charge on any atom is 0.331 e. The number of carbonyl (C=O) groups excluding carboxylic acids is 2. The number of hydrogen-bond donors (Lipinski definition) is 0. The highest BCUT2D eigenvalue weighted by Crippen LogP contribution is 2.22. The van der Waals surface area contributed by atoms with E-state index in [0.29, 0.717) is 11.8 Å². The molecule has 0 fully saturated rings. The number of rotatable bonds is 20. The van der Waals surface area contributed by atoms with Crippen molar-refractivity contribution in [3.8, 4) is 0 Å². The zero-order valence-corrected chi connectivity index (χ0v) is 30.9. The molecule has 6 nitrogen and oxygen atoms in total. The van der Waals surface area contributed by atoms with Gasteiger partial charge < -0.3 is 18.9 Å². The van der Waals surface area contributed by atoms with Crippen molar-refractivity contribution in [1.29, 1.82) is 0 Å². The van der Waals surface area contributed by atoms with Crippen molar-refractivity contribution >= 4 is 11.9 Å². The topological polar surface area (TPSA) is 71.1 Å². The molecule has 0 aliphatic heterocycles. The standard InChI is InChI=1S/2C19H34O3/c2*1-15(2)22-18(20)14-17(4)11-8-10-16(3)12-9-13-19(5,6)21-7/h2*8,11,14-16H,9-10,12-13H2,1-7H3/b2*11-8+,17-14+. The summed E-state index contributed by atoms with van der Waals surface area (Å²) in [6, 6.07) is 0. The molecule has 0 aromatic carbocycles. The van der Waals surface area contributed by atoms with Gasteiger partial charge in [-0.2, -0.15) is 0 Å². The highest BCUT2D eigenvalue weighted by Gasteiger charge is 2.16.